The van der Waals surface area contributed by atoms with Crippen LogP contribution in [0.3, 0.4) is 0 Å². The summed E-state index contributed by atoms with van der Waals surface area (Å²) in [5, 5.41) is 8.75. The molecule has 1 atom stereocenters. The van der Waals surface area contributed by atoms with Crippen LogP contribution in [-0.2, 0) is 5.41 Å². The van der Waals surface area contributed by atoms with Crippen molar-refractivity contribution >= 4 is 0 Å². The van der Waals surface area contributed by atoms with Gasteiger partial charge in [-0.1, -0.05) is 32.9 Å². The van der Waals surface area contributed by atoms with E-state index in [0.717, 1.165) is 5.75 Å². The fourth-order valence-corrected chi connectivity index (χ4v) is 1.50. The van der Waals surface area contributed by atoms with Gasteiger partial charge in [0.25, 0.3) is 0 Å². The number of hydrogen-bond acceptors (Lipinski definition) is 3. The highest BCUT2D eigenvalue weighted by molar-refractivity contribution is 5.32. The summed E-state index contributed by atoms with van der Waals surface area (Å²) in [6.07, 6.45) is 0.568. The Morgan fingerprint density at radius 2 is 2.06 bits per heavy atom. The zero-order valence-electron chi connectivity index (χ0n) is 10.9. The molecule has 0 saturated carbocycles. The summed E-state index contributed by atoms with van der Waals surface area (Å²) in [4.78, 5) is 0. The smallest absolute Gasteiger partial charge is 0.119 e. The molecule has 1 unspecified atom stereocenters. The van der Waals surface area contributed by atoms with Crippen LogP contribution in [0, 0.1) is 0 Å². The maximum atomic E-state index is 8.75. The Hall–Kier alpha value is -1.06. The number of nitrogens with two attached hydrogens (primary N) is 1. The van der Waals surface area contributed by atoms with Gasteiger partial charge in [0.2, 0.25) is 0 Å². The lowest BCUT2D eigenvalue weighted by atomic mass is 9.87. The van der Waals surface area contributed by atoms with Gasteiger partial charge in [-0.05, 0) is 29.5 Å². The van der Waals surface area contributed by atoms with Crippen molar-refractivity contribution in [3.8, 4) is 5.75 Å². The minimum absolute atomic E-state index is 0.104. The summed E-state index contributed by atoms with van der Waals surface area (Å²) in [7, 11) is 0. The van der Waals surface area contributed by atoms with Gasteiger partial charge in [0, 0.05) is 12.6 Å². The lowest BCUT2D eigenvalue weighted by Crippen LogP contribution is -2.28. The van der Waals surface area contributed by atoms with Crippen LogP contribution in [0.5, 0.6) is 5.75 Å². The van der Waals surface area contributed by atoms with Gasteiger partial charge >= 0.3 is 0 Å². The van der Waals surface area contributed by atoms with Crippen LogP contribution in [0.15, 0.2) is 24.3 Å². The molecule has 0 saturated heterocycles. The van der Waals surface area contributed by atoms with E-state index in [2.05, 4.69) is 26.8 Å². The molecule has 0 aliphatic rings. The minimum Gasteiger partial charge on any atom is -0.492 e. The van der Waals surface area contributed by atoms with Crippen LogP contribution in [0.4, 0.5) is 0 Å². The molecule has 0 fully saturated rings. The van der Waals surface area contributed by atoms with Gasteiger partial charge in [0.05, 0.1) is 0 Å². The zero-order valence-corrected chi connectivity index (χ0v) is 10.9. The second-order valence-electron chi connectivity index (χ2n) is 5.36. The molecule has 0 spiro atoms. The van der Waals surface area contributed by atoms with Crippen molar-refractivity contribution < 1.29 is 9.84 Å². The Balaban J connectivity index is 2.60. The second kappa shape index (κ2) is 6.03. The van der Waals surface area contributed by atoms with E-state index in [9.17, 15) is 0 Å². The monoisotopic (exact) mass is 237 g/mol. The Kier molecular flexibility index (Phi) is 4.97. The number of ether oxygens (including phenoxy) is 1. The fraction of sp³-hybridized carbons (Fsp3) is 0.571. The molecule has 0 bridgehead atoms. The summed E-state index contributed by atoms with van der Waals surface area (Å²) in [6.45, 7) is 7.05. The SMILES string of the molecule is CC(C)(C)c1cccc(OCC(N)CCO)c1. The predicted octanol–water partition coefficient (Wildman–Crippen LogP) is 2.07. The number of aliphatic hydroxyl groups is 1. The molecule has 0 heterocycles. The first-order valence-electron chi connectivity index (χ1n) is 6.03. The van der Waals surface area contributed by atoms with Gasteiger partial charge in [-0.3, -0.25) is 0 Å². The van der Waals surface area contributed by atoms with Crippen LogP contribution in [-0.4, -0.2) is 24.4 Å². The molecule has 96 valence electrons. The molecule has 0 amide bonds. The first kappa shape index (κ1) is 14.0. The first-order valence-corrected chi connectivity index (χ1v) is 6.03. The predicted molar refractivity (Wildman–Crippen MR) is 70.3 cm³/mol. The van der Waals surface area contributed by atoms with Gasteiger partial charge < -0.3 is 15.6 Å². The average Bonchev–Trinajstić information content (AvgIpc) is 2.26. The third kappa shape index (κ3) is 4.75. The summed E-state index contributed by atoms with van der Waals surface area (Å²) < 4.78 is 5.62. The lowest BCUT2D eigenvalue weighted by molar-refractivity contribution is 0.233. The largest absolute Gasteiger partial charge is 0.492 e. The molecule has 0 aliphatic heterocycles. The Bertz CT molecular complexity index is 344. The van der Waals surface area contributed by atoms with E-state index in [-0.39, 0.29) is 18.1 Å². The van der Waals surface area contributed by atoms with Crippen LogP contribution < -0.4 is 10.5 Å². The third-order valence-electron chi connectivity index (χ3n) is 2.66. The molecule has 3 heteroatoms. The van der Waals surface area contributed by atoms with E-state index in [1.807, 2.05) is 18.2 Å². The van der Waals surface area contributed by atoms with Crippen molar-refractivity contribution in [1.29, 1.82) is 0 Å². The van der Waals surface area contributed by atoms with Gasteiger partial charge in [-0.2, -0.15) is 0 Å². The number of benzene rings is 1. The van der Waals surface area contributed by atoms with Gasteiger partial charge in [-0.15, -0.1) is 0 Å². The van der Waals surface area contributed by atoms with Gasteiger partial charge in [-0.25, -0.2) is 0 Å². The topological polar surface area (TPSA) is 55.5 Å². The van der Waals surface area contributed by atoms with E-state index >= 15 is 0 Å². The second-order valence-corrected chi connectivity index (χ2v) is 5.36. The van der Waals surface area contributed by atoms with E-state index in [1.54, 1.807) is 0 Å². The molecule has 1 aromatic rings. The lowest BCUT2D eigenvalue weighted by Gasteiger charge is -2.20. The summed E-state index contributed by atoms with van der Waals surface area (Å²) >= 11 is 0. The third-order valence-corrected chi connectivity index (χ3v) is 2.66. The van der Waals surface area contributed by atoms with Gasteiger partial charge in [0.15, 0.2) is 0 Å². The van der Waals surface area contributed by atoms with Crippen molar-refractivity contribution in [1.82, 2.24) is 0 Å². The number of hydrogen-bond donors (Lipinski definition) is 2. The number of aliphatic hydroxyl groups excluding tert-OH is 1. The van der Waals surface area contributed by atoms with Crippen molar-refractivity contribution in [2.75, 3.05) is 13.2 Å². The van der Waals surface area contributed by atoms with Crippen molar-refractivity contribution in [2.45, 2.75) is 38.6 Å². The Labute approximate surface area is 104 Å². The maximum absolute atomic E-state index is 8.75. The zero-order chi connectivity index (χ0) is 12.9. The van der Waals surface area contributed by atoms with Crippen LogP contribution in [0.2, 0.25) is 0 Å². The molecule has 3 nitrogen and oxygen atoms in total. The van der Waals surface area contributed by atoms with Crippen LogP contribution >= 0.6 is 0 Å². The highest BCUT2D eigenvalue weighted by Gasteiger charge is 2.14. The molecular weight excluding hydrogens is 214 g/mol. The van der Waals surface area contributed by atoms with Gasteiger partial charge in [0.1, 0.15) is 12.4 Å². The molecule has 1 aromatic carbocycles. The Morgan fingerprint density at radius 1 is 1.35 bits per heavy atom. The summed E-state index contributed by atoms with van der Waals surface area (Å²) in [5.41, 5.74) is 7.13. The number of rotatable bonds is 5. The van der Waals surface area contributed by atoms with E-state index in [4.69, 9.17) is 15.6 Å². The molecule has 3 N–H and O–H groups in total. The molecule has 0 radical (unpaired) electrons. The van der Waals surface area contributed by atoms with Crippen molar-refractivity contribution in [3.05, 3.63) is 29.8 Å². The van der Waals surface area contributed by atoms with E-state index < -0.39 is 0 Å². The first-order chi connectivity index (χ1) is 7.93. The Morgan fingerprint density at radius 3 is 2.65 bits per heavy atom. The quantitative estimate of drug-likeness (QED) is 0.824. The average molecular weight is 237 g/mol. The van der Waals surface area contributed by atoms with Crippen molar-refractivity contribution in [2.24, 2.45) is 5.73 Å². The molecule has 0 aromatic heterocycles. The van der Waals surface area contributed by atoms with Crippen molar-refractivity contribution in [3.63, 3.8) is 0 Å². The van der Waals surface area contributed by atoms with Crippen LogP contribution in [0.1, 0.15) is 32.8 Å². The van der Waals surface area contributed by atoms with E-state index in [0.29, 0.717) is 13.0 Å². The highest BCUT2D eigenvalue weighted by Crippen LogP contribution is 2.25. The summed E-state index contributed by atoms with van der Waals surface area (Å²) in [6, 6.07) is 7.96. The maximum Gasteiger partial charge on any atom is 0.119 e. The molecule has 1 rings (SSSR count). The van der Waals surface area contributed by atoms with Crippen LogP contribution in [0.25, 0.3) is 0 Å². The fourth-order valence-electron chi connectivity index (χ4n) is 1.50. The summed E-state index contributed by atoms with van der Waals surface area (Å²) in [5.74, 6) is 0.839. The molecule has 0 aliphatic carbocycles. The van der Waals surface area contributed by atoms with E-state index in [1.165, 1.54) is 5.56 Å². The normalized spacial score (nSPS) is 13.5. The molecule has 17 heavy (non-hydrogen) atoms. The minimum atomic E-state index is -0.113. The standard InChI is InChI=1S/C14H23NO2/c1-14(2,3)11-5-4-6-13(9-11)17-10-12(15)7-8-16/h4-6,9,12,16H,7-8,10,15H2,1-3H3. The highest BCUT2D eigenvalue weighted by atomic mass is 16.5. The molecular formula is C14H23NO2.